The molecule has 0 spiro atoms. The van der Waals surface area contributed by atoms with Crippen molar-refractivity contribution in [3.63, 3.8) is 0 Å². The van der Waals surface area contributed by atoms with Crippen LogP contribution in [-0.2, 0) is 25.8 Å². The molecule has 0 bridgehead atoms. The first-order chi connectivity index (χ1) is 13.3. The van der Waals surface area contributed by atoms with E-state index in [2.05, 4.69) is 0 Å². The molecule has 1 aliphatic rings. The molecule has 0 saturated heterocycles. The Morgan fingerprint density at radius 3 is 2.21 bits per heavy atom. The molecule has 0 heterocycles. The molecule has 3 atom stereocenters. The summed E-state index contributed by atoms with van der Waals surface area (Å²) in [6.07, 6.45) is 0.845. The van der Waals surface area contributed by atoms with Crippen molar-refractivity contribution in [3.05, 3.63) is 65.2 Å². The minimum atomic E-state index is -3.90. The van der Waals surface area contributed by atoms with Crippen molar-refractivity contribution in [1.82, 2.24) is 0 Å². The Morgan fingerprint density at radius 2 is 1.71 bits per heavy atom. The Labute approximate surface area is 165 Å². The van der Waals surface area contributed by atoms with Crippen molar-refractivity contribution >= 4 is 15.8 Å². The highest BCUT2D eigenvalue weighted by Crippen LogP contribution is 2.64. The molecule has 0 unspecified atom stereocenters. The van der Waals surface area contributed by atoms with Crippen LogP contribution in [0.4, 0.5) is 0 Å². The van der Waals surface area contributed by atoms with Gasteiger partial charge in [-0.2, -0.15) is 5.26 Å². The monoisotopic (exact) mass is 397 g/mol. The maximum atomic E-state index is 13.3. The molecule has 3 rings (SSSR count). The SMILES string of the molecule is CCOC(=O)[C@@]1(C#N)[C@@H](c2ccc(CC)cc2)[C@@H]1S(=O)(=O)c1ccc(C)cc1. The van der Waals surface area contributed by atoms with E-state index in [-0.39, 0.29) is 11.5 Å². The van der Waals surface area contributed by atoms with Gasteiger partial charge in [-0.3, -0.25) is 4.79 Å². The Kier molecular flexibility index (Phi) is 5.31. The van der Waals surface area contributed by atoms with Crippen LogP contribution in [0.15, 0.2) is 53.4 Å². The van der Waals surface area contributed by atoms with Crippen LogP contribution in [0.2, 0.25) is 0 Å². The highest BCUT2D eigenvalue weighted by molar-refractivity contribution is 7.92. The highest BCUT2D eigenvalue weighted by Gasteiger charge is 2.77. The van der Waals surface area contributed by atoms with Crippen molar-refractivity contribution in [1.29, 1.82) is 5.26 Å². The maximum Gasteiger partial charge on any atom is 0.328 e. The molecule has 1 aliphatic carbocycles. The zero-order valence-corrected chi connectivity index (χ0v) is 17.0. The van der Waals surface area contributed by atoms with Crippen molar-refractivity contribution in [2.45, 2.75) is 43.3 Å². The average Bonchev–Trinajstić information content (AvgIpc) is 3.40. The Hall–Kier alpha value is -2.65. The zero-order valence-electron chi connectivity index (χ0n) is 16.2. The number of hydrogen-bond acceptors (Lipinski definition) is 5. The van der Waals surface area contributed by atoms with Gasteiger partial charge in [-0.1, -0.05) is 48.9 Å². The van der Waals surface area contributed by atoms with E-state index >= 15 is 0 Å². The molecular weight excluding hydrogens is 374 g/mol. The molecule has 2 aromatic rings. The van der Waals surface area contributed by atoms with Crippen LogP contribution >= 0.6 is 0 Å². The number of aryl methyl sites for hydroxylation is 2. The van der Waals surface area contributed by atoms with E-state index in [1.54, 1.807) is 31.2 Å². The van der Waals surface area contributed by atoms with E-state index in [0.29, 0.717) is 5.56 Å². The van der Waals surface area contributed by atoms with Gasteiger partial charge in [0.2, 0.25) is 0 Å². The van der Waals surface area contributed by atoms with E-state index in [1.807, 2.05) is 32.0 Å². The molecule has 6 heteroatoms. The molecule has 1 fully saturated rings. The normalized spacial score (nSPS) is 23.6. The van der Waals surface area contributed by atoms with E-state index in [1.165, 1.54) is 12.1 Å². The summed E-state index contributed by atoms with van der Waals surface area (Å²) < 4.78 is 31.8. The van der Waals surface area contributed by atoms with Crippen LogP contribution in [0, 0.1) is 23.7 Å². The number of benzene rings is 2. The first kappa shape index (κ1) is 20.1. The summed E-state index contributed by atoms with van der Waals surface area (Å²) in [5.74, 6) is -1.53. The van der Waals surface area contributed by atoms with Crippen molar-refractivity contribution in [2.75, 3.05) is 6.61 Å². The standard InChI is InChI=1S/C22H23NO4S/c1-4-16-8-10-17(11-9-16)19-20(22(19,14-23)21(24)27-5-2)28(25,26)18-12-6-15(3)7-13-18/h6-13,19-20H,4-5H2,1-3H3/t19-,20-,22-/m0/s1. The lowest BCUT2D eigenvalue weighted by Crippen LogP contribution is -2.25. The predicted molar refractivity (Wildman–Crippen MR) is 105 cm³/mol. The van der Waals surface area contributed by atoms with Gasteiger partial charge in [0, 0.05) is 5.92 Å². The second-order valence-electron chi connectivity index (χ2n) is 7.05. The van der Waals surface area contributed by atoms with Gasteiger partial charge in [-0.25, -0.2) is 8.42 Å². The third-order valence-corrected chi connectivity index (χ3v) is 7.60. The van der Waals surface area contributed by atoms with Gasteiger partial charge in [-0.15, -0.1) is 0 Å². The summed E-state index contributed by atoms with van der Waals surface area (Å²) >= 11 is 0. The predicted octanol–water partition coefficient (Wildman–Crippen LogP) is 3.57. The van der Waals surface area contributed by atoms with E-state index in [9.17, 15) is 18.5 Å². The topological polar surface area (TPSA) is 84.2 Å². The number of carbonyl (C=O) groups excluding carboxylic acids is 1. The third kappa shape index (κ3) is 3.10. The molecule has 28 heavy (non-hydrogen) atoms. The second kappa shape index (κ2) is 7.40. The van der Waals surface area contributed by atoms with Crippen molar-refractivity contribution in [3.8, 4) is 6.07 Å². The van der Waals surface area contributed by atoms with Gasteiger partial charge in [0.05, 0.1) is 17.6 Å². The Bertz CT molecular complexity index is 1020. The summed E-state index contributed by atoms with van der Waals surface area (Å²) in [4.78, 5) is 12.8. The molecule has 2 aromatic carbocycles. The van der Waals surface area contributed by atoms with Gasteiger partial charge in [-0.05, 0) is 43.5 Å². The fraction of sp³-hybridized carbons (Fsp3) is 0.364. The summed E-state index contributed by atoms with van der Waals surface area (Å²) in [6.45, 7) is 5.61. The molecule has 0 amide bonds. The minimum Gasteiger partial charge on any atom is -0.465 e. The lowest BCUT2D eigenvalue weighted by molar-refractivity contribution is -0.147. The second-order valence-corrected chi connectivity index (χ2v) is 9.12. The molecule has 0 radical (unpaired) electrons. The summed E-state index contributed by atoms with van der Waals surface area (Å²) in [7, 11) is -3.90. The minimum absolute atomic E-state index is 0.0844. The lowest BCUT2D eigenvalue weighted by atomic mass is 9.99. The lowest BCUT2D eigenvalue weighted by Gasteiger charge is -2.09. The van der Waals surface area contributed by atoms with E-state index in [0.717, 1.165) is 17.5 Å². The van der Waals surface area contributed by atoms with Crippen LogP contribution in [0.5, 0.6) is 0 Å². The van der Waals surface area contributed by atoms with Gasteiger partial charge in [0.15, 0.2) is 15.3 Å². The number of rotatable bonds is 6. The zero-order chi connectivity index (χ0) is 20.5. The first-order valence-electron chi connectivity index (χ1n) is 9.30. The van der Waals surface area contributed by atoms with Crippen molar-refractivity contribution < 1.29 is 17.9 Å². The number of ether oxygens (including phenoxy) is 1. The third-order valence-electron chi connectivity index (χ3n) is 5.36. The van der Waals surface area contributed by atoms with Gasteiger partial charge in [0.1, 0.15) is 5.25 Å². The smallest absolute Gasteiger partial charge is 0.328 e. The summed E-state index contributed by atoms with van der Waals surface area (Å²) in [6, 6.07) is 15.9. The van der Waals surface area contributed by atoms with Crippen molar-refractivity contribution in [2.24, 2.45) is 5.41 Å². The van der Waals surface area contributed by atoms with Gasteiger partial charge >= 0.3 is 5.97 Å². The number of nitrogens with zero attached hydrogens (tertiary/aromatic N) is 1. The fourth-order valence-corrected chi connectivity index (χ4v) is 5.97. The van der Waals surface area contributed by atoms with Crippen LogP contribution in [0.25, 0.3) is 0 Å². The largest absolute Gasteiger partial charge is 0.465 e. The Morgan fingerprint density at radius 1 is 1.11 bits per heavy atom. The van der Waals surface area contributed by atoms with Crippen LogP contribution < -0.4 is 0 Å². The number of hydrogen-bond donors (Lipinski definition) is 0. The molecular formula is C22H23NO4S. The first-order valence-corrected chi connectivity index (χ1v) is 10.8. The van der Waals surface area contributed by atoms with Crippen LogP contribution in [0.1, 0.15) is 36.5 Å². The van der Waals surface area contributed by atoms with Gasteiger partial charge < -0.3 is 4.74 Å². The Balaban J connectivity index is 2.11. The molecule has 5 nitrogen and oxygen atoms in total. The molecule has 0 N–H and O–H groups in total. The number of carbonyl (C=O) groups is 1. The van der Waals surface area contributed by atoms with Crippen LogP contribution in [0.3, 0.4) is 0 Å². The summed E-state index contributed by atoms with van der Waals surface area (Å²) in [5, 5.41) is 8.73. The summed E-state index contributed by atoms with van der Waals surface area (Å²) in [5.41, 5.74) is 0.958. The number of nitriles is 1. The quantitative estimate of drug-likeness (QED) is 0.696. The molecule has 146 valence electrons. The average molecular weight is 397 g/mol. The van der Waals surface area contributed by atoms with E-state index in [4.69, 9.17) is 4.74 Å². The number of esters is 1. The molecule has 0 aliphatic heterocycles. The molecule has 0 aromatic heterocycles. The highest BCUT2D eigenvalue weighted by atomic mass is 32.2. The number of sulfone groups is 1. The fourth-order valence-electron chi connectivity index (χ4n) is 3.73. The molecule has 1 saturated carbocycles. The maximum absolute atomic E-state index is 13.3. The van der Waals surface area contributed by atoms with Gasteiger partial charge in [0.25, 0.3) is 0 Å². The van der Waals surface area contributed by atoms with E-state index < -0.39 is 32.4 Å². The van der Waals surface area contributed by atoms with Crippen LogP contribution in [-0.4, -0.2) is 26.2 Å².